The number of hydrogen-bond acceptors (Lipinski definition) is 5. The molecule has 2 aromatic rings. The third-order valence-electron chi connectivity index (χ3n) is 3.08. The quantitative estimate of drug-likeness (QED) is 0.478. The first-order valence-electron chi connectivity index (χ1n) is 6.71. The molecule has 0 amide bonds. The maximum Gasteiger partial charge on any atom is 0.339 e. The molecule has 5 nitrogen and oxygen atoms in total. The molecule has 0 aliphatic carbocycles. The molecule has 0 aliphatic heterocycles. The minimum Gasteiger partial charge on any atom is -0.497 e. The molecule has 0 saturated heterocycles. The van der Waals surface area contributed by atoms with Gasteiger partial charge in [0.2, 0.25) is 0 Å². The minimum atomic E-state index is -4.01. The van der Waals surface area contributed by atoms with E-state index in [0.29, 0.717) is 11.3 Å². The van der Waals surface area contributed by atoms with Crippen LogP contribution in [0.2, 0.25) is 0 Å². The number of ether oxygens (including phenoxy) is 1. The summed E-state index contributed by atoms with van der Waals surface area (Å²) in [4.78, 5) is 0.0282. The van der Waals surface area contributed by atoms with Gasteiger partial charge in [0.05, 0.1) is 19.3 Å². The Kier molecular flexibility index (Phi) is 5.04. The second kappa shape index (κ2) is 6.99. The van der Waals surface area contributed by atoms with E-state index in [1.54, 1.807) is 42.5 Å². The second-order valence-electron chi connectivity index (χ2n) is 4.72. The summed E-state index contributed by atoms with van der Waals surface area (Å²) in [5.41, 5.74) is 1.40. The summed E-state index contributed by atoms with van der Waals surface area (Å²) in [5, 5.41) is 8.88. The summed E-state index contributed by atoms with van der Waals surface area (Å²) in [5.74, 6) is 0.571. The lowest BCUT2D eigenvalue weighted by Gasteiger charge is -2.10. The molecule has 0 radical (unpaired) electrons. The number of hydrogen-bond donors (Lipinski definition) is 0. The fourth-order valence-electron chi connectivity index (χ4n) is 1.84. The summed E-state index contributed by atoms with van der Waals surface area (Å²) >= 11 is 0. The lowest BCUT2D eigenvalue weighted by atomic mass is 10.2. The van der Waals surface area contributed by atoms with E-state index in [0.717, 1.165) is 11.6 Å². The molecule has 118 valence electrons. The molecular weight excluding hydrogens is 314 g/mol. The number of aryl methyl sites for hydroxylation is 1. The zero-order valence-electron chi connectivity index (χ0n) is 12.7. The third-order valence-corrected chi connectivity index (χ3v) is 4.33. The number of allylic oxidation sites excluding steroid dienone is 1. The zero-order valence-corrected chi connectivity index (χ0v) is 13.5. The molecule has 2 rings (SSSR count). The molecule has 0 N–H and O–H groups in total. The van der Waals surface area contributed by atoms with Gasteiger partial charge in [-0.25, -0.2) is 0 Å². The summed E-state index contributed by atoms with van der Waals surface area (Å²) < 4.78 is 34.8. The number of benzene rings is 2. The van der Waals surface area contributed by atoms with Crippen molar-refractivity contribution >= 4 is 15.9 Å². The van der Waals surface area contributed by atoms with E-state index in [2.05, 4.69) is 0 Å². The van der Waals surface area contributed by atoms with Crippen molar-refractivity contribution in [1.29, 1.82) is 5.26 Å². The van der Waals surface area contributed by atoms with E-state index in [9.17, 15) is 8.42 Å². The minimum absolute atomic E-state index is 0.0282. The van der Waals surface area contributed by atoms with Gasteiger partial charge in [-0.1, -0.05) is 17.7 Å². The Balaban J connectivity index is 2.34. The zero-order chi connectivity index (χ0) is 16.9. The van der Waals surface area contributed by atoms with Crippen molar-refractivity contribution < 1.29 is 17.3 Å². The molecule has 0 atom stereocenters. The average Bonchev–Trinajstić information content (AvgIpc) is 2.55. The first-order valence-corrected chi connectivity index (χ1v) is 8.12. The van der Waals surface area contributed by atoms with E-state index in [1.807, 2.05) is 6.92 Å². The Morgan fingerprint density at radius 3 is 2.22 bits per heavy atom. The first kappa shape index (κ1) is 16.6. The Morgan fingerprint density at radius 1 is 1.09 bits per heavy atom. The molecule has 0 fully saturated rings. The van der Waals surface area contributed by atoms with Gasteiger partial charge >= 0.3 is 10.1 Å². The largest absolute Gasteiger partial charge is 0.497 e. The lowest BCUT2D eigenvalue weighted by molar-refractivity contribution is 0.414. The van der Waals surface area contributed by atoms with Crippen molar-refractivity contribution in [2.24, 2.45) is 0 Å². The van der Waals surface area contributed by atoms with Crippen LogP contribution in [0.15, 0.2) is 59.5 Å². The smallest absolute Gasteiger partial charge is 0.339 e. The van der Waals surface area contributed by atoms with Gasteiger partial charge < -0.3 is 8.92 Å². The first-order chi connectivity index (χ1) is 11.0. The number of nitrogens with zero attached hydrogens (tertiary/aromatic N) is 1. The average molecular weight is 329 g/mol. The lowest BCUT2D eigenvalue weighted by Crippen LogP contribution is -2.06. The van der Waals surface area contributed by atoms with Crippen LogP contribution in [-0.4, -0.2) is 15.5 Å². The van der Waals surface area contributed by atoms with E-state index < -0.39 is 10.1 Å². The van der Waals surface area contributed by atoms with E-state index in [-0.39, 0.29) is 10.7 Å². The SMILES string of the molecule is COc1ccc(C(=CC#N)OS(=O)(=O)c2ccc(C)cc2)cc1. The van der Waals surface area contributed by atoms with Crippen LogP contribution in [-0.2, 0) is 14.3 Å². The van der Waals surface area contributed by atoms with Crippen molar-refractivity contribution in [3.63, 3.8) is 0 Å². The maximum atomic E-state index is 12.3. The van der Waals surface area contributed by atoms with Gasteiger partial charge in [0, 0.05) is 5.56 Å². The van der Waals surface area contributed by atoms with Crippen LogP contribution in [0.25, 0.3) is 5.76 Å². The van der Waals surface area contributed by atoms with Crippen LogP contribution < -0.4 is 4.74 Å². The summed E-state index contributed by atoms with van der Waals surface area (Å²) in [7, 11) is -2.49. The monoisotopic (exact) mass is 329 g/mol. The second-order valence-corrected chi connectivity index (χ2v) is 6.26. The molecule has 0 bridgehead atoms. The fourth-order valence-corrected chi connectivity index (χ4v) is 2.79. The van der Waals surface area contributed by atoms with Gasteiger partial charge in [-0.3, -0.25) is 0 Å². The summed E-state index contributed by atoms with van der Waals surface area (Å²) in [6.45, 7) is 1.86. The molecule has 0 aromatic heterocycles. The van der Waals surface area contributed by atoms with Crippen LogP contribution in [0.4, 0.5) is 0 Å². The van der Waals surface area contributed by atoms with Crippen LogP contribution in [0.3, 0.4) is 0 Å². The van der Waals surface area contributed by atoms with Crippen molar-refractivity contribution in [3.8, 4) is 11.8 Å². The van der Waals surface area contributed by atoms with Gasteiger partial charge in [0.1, 0.15) is 10.6 Å². The Labute approximate surface area is 135 Å². The predicted octanol–water partition coefficient (Wildman–Crippen LogP) is 3.27. The van der Waals surface area contributed by atoms with E-state index in [1.165, 1.54) is 19.2 Å². The maximum absolute atomic E-state index is 12.3. The van der Waals surface area contributed by atoms with Crippen molar-refractivity contribution in [3.05, 3.63) is 65.7 Å². The Bertz CT molecular complexity index is 845. The van der Waals surface area contributed by atoms with E-state index >= 15 is 0 Å². The predicted molar refractivity (Wildman–Crippen MR) is 86.0 cm³/mol. The van der Waals surface area contributed by atoms with Crippen LogP contribution in [0.5, 0.6) is 5.75 Å². The van der Waals surface area contributed by atoms with Crippen LogP contribution in [0.1, 0.15) is 11.1 Å². The number of methoxy groups -OCH3 is 1. The third kappa shape index (κ3) is 4.11. The van der Waals surface area contributed by atoms with Crippen molar-refractivity contribution in [2.75, 3.05) is 7.11 Å². The van der Waals surface area contributed by atoms with Crippen LogP contribution in [0, 0.1) is 18.3 Å². The van der Waals surface area contributed by atoms with E-state index in [4.69, 9.17) is 14.2 Å². The van der Waals surface area contributed by atoms with Crippen molar-refractivity contribution in [2.45, 2.75) is 11.8 Å². The standard InChI is InChI=1S/C17H15NO4S/c1-13-3-9-16(10-4-13)23(19,20)22-17(11-12-18)14-5-7-15(21-2)8-6-14/h3-11H,1-2H3. The number of nitriles is 1. The highest BCUT2D eigenvalue weighted by atomic mass is 32.2. The fraction of sp³-hybridized carbons (Fsp3) is 0.118. The molecule has 0 aliphatic rings. The summed E-state index contributed by atoms with van der Waals surface area (Å²) in [6, 6.07) is 14.6. The molecule has 0 heterocycles. The molecule has 6 heteroatoms. The number of rotatable bonds is 5. The van der Waals surface area contributed by atoms with Gasteiger partial charge in [0.15, 0.2) is 5.76 Å². The highest BCUT2D eigenvalue weighted by molar-refractivity contribution is 7.87. The molecule has 0 unspecified atom stereocenters. The van der Waals surface area contributed by atoms with Crippen molar-refractivity contribution in [1.82, 2.24) is 0 Å². The topological polar surface area (TPSA) is 76.4 Å². The van der Waals surface area contributed by atoms with Gasteiger partial charge in [-0.15, -0.1) is 0 Å². The molecule has 23 heavy (non-hydrogen) atoms. The highest BCUT2D eigenvalue weighted by Crippen LogP contribution is 2.24. The van der Waals surface area contributed by atoms with Crippen LogP contribution >= 0.6 is 0 Å². The molecular formula is C17H15NO4S. The van der Waals surface area contributed by atoms with Gasteiger partial charge in [-0.05, 0) is 43.3 Å². The summed E-state index contributed by atoms with van der Waals surface area (Å²) in [6.07, 6.45) is 1.05. The van der Waals surface area contributed by atoms with Gasteiger partial charge in [0.25, 0.3) is 0 Å². The Morgan fingerprint density at radius 2 is 1.70 bits per heavy atom. The molecule has 0 saturated carbocycles. The van der Waals surface area contributed by atoms with Gasteiger partial charge in [-0.2, -0.15) is 13.7 Å². The Hall–Kier alpha value is -2.78. The molecule has 2 aromatic carbocycles. The normalized spacial score (nSPS) is 11.6. The highest BCUT2D eigenvalue weighted by Gasteiger charge is 2.19. The molecule has 0 spiro atoms.